The van der Waals surface area contributed by atoms with Crippen molar-refractivity contribution < 1.29 is 52.2 Å². The number of aryl methyl sites for hydroxylation is 3. The standard InChI is InChI=1S/C25H22P2.C14H12O.4CO.2Co/c1-5-13-22(14-6-1)26(23-15-7-2-8-16-23)21-27(24-17-9-3-10-18-24)25-19-11-4-12-20-25;1-9-4-5-12-7-10(2)11(3)8-13(12)14(15)6-9;4*1-2;;/h1-20H,21H2;6-8H,1-3H3;;;;;;. The molecule has 264 valence electrons. The van der Waals surface area contributed by atoms with E-state index in [0.717, 1.165) is 21.9 Å². The van der Waals surface area contributed by atoms with Crippen molar-refractivity contribution >= 4 is 47.8 Å². The monoisotopic (exact) mass is 810 g/mol. The summed E-state index contributed by atoms with van der Waals surface area (Å²) in [5, 5.41) is 7.39. The molecule has 0 spiro atoms. The van der Waals surface area contributed by atoms with Gasteiger partial charge in [0.2, 0.25) is 0 Å². The molecule has 0 saturated heterocycles. The van der Waals surface area contributed by atoms with E-state index >= 15 is 0 Å². The molecule has 0 aliphatic heterocycles. The summed E-state index contributed by atoms with van der Waals surface area (Å²) in [6, 6.07) is 55.7. The van der Waals surface area contributed by atoms with Crippen molar-refractivity contribution in [1.29, 1.82) is 0 Å². The molecular weight excluding hydrogens is 776 g/mol. The van der Waals surface area contributed by atoms with Crippen molar-refractivity contribution in [3.63, 3.8) is 0 Å². The first kappa shape index (κ1) is 50.0. The van der Waals surface area contributed by atoms with E-state index in [1.165, 1.54) is 32.7 Å². The Balaban J connectivity index is 0. The molecule has 0 aromatic heterocycles. The topological polar surface area (TPSA) is 96.7 Å². The average Bonchev–Trinajstić information content (AvgIpc) is 3.33. The maximum Gasteiger partial charge on any atom is 0.00405 e. The molecule has 0 unspecified atom stereocenters. The molecule has 6 aromatic rings. The maximum absolute atomic E-state index is 11.8. The molecule has 0 aliphatic rings. The van der Waals surface area contributed by atoms with Crippen molar-refractivity contribution in [2.45, 2.75) is 20.8 Å². The molecule has 6 aromatic carbocycles. The summed E-state index contributed by atoms with van der Waals surface area (Å²) in [6.45, 7) is 23.9. The average molecular weight is 811 g/mol. The van der Waals surface area contributed by atoms with Gasteiger partial charge in [-0.05, 0) is 87.2 Å². The molecule has 9 heteroatoms. The van der Waals surface area contributed by atoms with Crippen LogP contribution in [-0.2, 0) is 52.2 Å². The van der Waals surface area contributed by atoms with Crippen LogP contribution in [0.5, 0.6) is 0 Å². The molecule has 0 bridgehead atoms. The smallest absolute Gasteiger partial charge is 0.00405 e. The summed E-state index contributed by atoms with van der Waals surface area (Å²) in [5.41, 5.74) is 3.18. The van der Waals surface area contributed by atoms with Gasteiger partial charge in [0.05, 0.1) is 0 Å². The van der Waals surface area contributed by atoms with E-state index in [9.17, 15) is 4.79 Å². The maximum atomic E-state index is 11.8. The zero-order valence-corrected chi connectivity index (χ0v) is 32.5. The van der Waals surface area contributed by atoms with Crippen LogP contribution in [0.25, 0.3) is 10.8 Å². The van der Waals surface area contributed by atoms with Crippen molar-refractivity contribution in [1.82, 2.24) is 0 Å². The van der Waals surface area contributed by atoms with Crippen molar-refractivity contribution in [2.24, 2.45) is 0 Å². The molecule has 52 heavy (non-hydrogen) atoms. The molecule has 0 fully saturated rings. The normalized spacial score (nSPS) is 8.79. The van der Waals surface area contributed by atoms with Crippen LogP contribution in [0.3, 0.4) is 0 Å². The molecule has 0 atom stereocenters. The number of rotatable bonds is 6. The molecular formula is C43H34Co2O5P2. The van der Waals surface area contributed by atoms with Gasteiger partial charge in [0.15, 0.2) is 5.43 Å². The molecule has 2 radical (unpaired) electrons. The summed E-state index contributed by atoms with van der Waals surface area (Å²) < 4.78 is 30.0. The van der Waals surface area contributed by atoms with Gasteiger partial charge in [0.1, 0.15) is 0 Å². The van der Waals surface area contributed by atoms with Crippen LogP contribution < -0.4 is 26.6 Å². The van der Waals surface area contributed by atoms with Gasteiger partial charge < -0.3 is 0 Å². The number of fused-ring (bicyclic) bond motifs is 1. The van der Waals surface area contributed by atoms with Crippen LogP contribution in [0, 0.1) is 59.5 Å². The fraction of sp³-hybridized carbons (Fsp3) is 0.0930. The van der Waals surface area contributed by atoms with Gasteiger partial charge in [-0.1, -0.05) is 133 Å². The largest absolute Gasteiger partial charge is 0.0622 e. The van der Waals surface area contributed by atoms with Gasteiger partial charge in [-0.3, -0.25) is 4.79 Å². The Morgan fingerprint density at radius 2 is 0.788 bits per heavy atom. The van der Waals surface area contributed by atoms with Crippen LogP contribution in [0.4, 0.5) is 0 Å². The molecule has 0 aliphatic carbocycles. The van der Waals surface area contributed by atoms with E-state index in [1.54, 1.807) is 6.07 Å². The molecule has 0 amide bonds. The Kier molecular flexibility index (Phi) is 28.4. The van der Waals surface area contributed by atoms with Crippen LogP contribution in [0.2, 0.25) is 0 Å². The van der Waals surface area contributed by atoms with Gasteiger partial charge in [0, 0.05) is 55.8 Å². The summed E-state index contributed by atoms with van der Waals surface area (Å²) in [5.74, 6) is 1.17. The van der Waals surface area contributed by atoms with E-state index in [4.69, 9.17) is 18.6 Å². The Morgan fingerprint density at radius 3 is 1.12 bits per heavy atom. The predicted octanol–water partition coefficient (Wildman–Crippen LogP) is 7.78. The van der Waals surface area contributed by atoms with Crippen LogP contribution >= 0.6 is 15.8 Å². The summed E-state index contributed by atoms with van der Waals surface area (Å²) >= 11 is 0. The van der Waals surface area contributed by atoms with Gasteiger partial charge >= 0.3 is 45.2 Å². The van der Waals surface area contributed by atoms with Crippen molar-refractivity contribution in [3.8, 4) is 0 Å². The fourth-order valence-corrected chi connectivity index (χ4v) is 11.3. The summed E-state index contributed by atoms with van der Waals surface area (Å²) in [7, 11) is -0.817. The Hall–Kier alpha value is -4.10. The molecule has 5 nitrogen and oxygen atoms in total. The van der Waals surface area contributed by atoms with Gasteiger partial charge in [-0.25, -0.2) is 0 Å². The van der Waals surface area contributed by atoms with Crippen LogP contribution in [-0.4, -0.2) is 5.90 Å². The zero-order valence-electron chi connectivity index (χ0n) is 28.6. The van der Waals surface area contributed by atoms with Crippen LogP contribution in [0.15, 0.2) is 144 Å². The third-order valence-electron chi connectivity index (χ3n) is 7.20. The van der Waals surface area contributed by atoms with E-state index in [1.807, 2.05) is 32.9 Å². The number of hydrogen-bond acceptors (Lipinski definition) is 1. The third kappa shape index (κ3) is 15.6. The fourth-order valence-electron chi connectivity index (χ4n) is 4.80. The molecule has 6 rings (SSSR count). The Labute approximate surface area is 330 Å². The van der Waals surface area contributed by atoms with Gasteiger partial charge in [-0.2, -0.15) is 0 Å². The van der Waals surface area contributed by atoms with Gasteiger partial charge in [-0.15, -0.1) is 0 Å². The second-order valence-electron chi connectivity index (χ2n) is 10.3. The first-order valence-electron chi connectivity index (χ1n) is 14.9. The van der Waals surface area contributed by atoms with Gasteiger partial charge in [0.25, 0.3) is 0 Å². The number of benzene rings is 5. The first-order valence-corrected chi connectivity index (χ1v) is 18.0. The first-order chi connectivity index (χ1) is 24.5. The second-order valence-corrected chi connectivity index (χ2v) is 15.2. The predicted molar refractivity (Wildman–Crippen MR) is 201 cm³/mol. The Bertz CT molecular complexity index is 1820. The minimum atomic E-state index is -0.409. The SMILES string of the molecule is Cc1c#cc2cc(C)c(C)cc2c(=O)c1.[C-]#[O+].[C-]#[O+].[C-]#[O+].[C-]#[O+].[Co].[Co].c1ccc(P(CP(c2ccccc2)c2ccccc2)c2ccccc2)cc1. The minimum absolute atomic E-state index is 0. The quantitative estimate of drug-likeness (QED) is 0.0960. The molecule has 0 N–H and O–H groups in total. The van der Waals surface area contributed by atoms with Crippen molar-refractivity contribution in [2.75, 3.05) is 5.90 Å². The molecule has 0 saturated carbocycles. The van der Waals surface area contributed by atoms with E-state index < -0.39 is 15.8 Å². The summed E-state index contributed by atoms with van der Waals surface area (Å²) in [4.78, 5) is 11.8. The summed E-state index contributed by atoms with van der Waals surface area (Å²) in [6.07, 6.45) is 0. The minimum Gasteiger partial charge on any atom is -0.0622 e. The number of hydrogen-bond donors (Lipinski definition) is 0. The van der Waals surface area contributed by atoms with Crippen molar-refractivity contribution in [3.05, 3.63) is 205 Å². The van der Waals surface area contributed by atoms with E-state index in [-0.39, 0.29) is 39.0 Å². The van der Waals surface area contributed by atoms with Crippen LogP contribution in [0.1, 0.15) is 16.7 Å². The third-order valence-corrected chi connectivity index (χ3v) is 13.1. The Morgan fingerprint density at radius 1 is 0.481 bits per heavy atom. The van der Waals surface area contributed by atoms with E-state index in [0.29, 0.717) is 0 Å². The second kappa shape index (κ2) is 29.5. The molecule has 0 heterocycles. The zero-order chi connectivity index (χ0) is 37.3. The van der Waals surface area contributed by atoms with E-state index in [2.05, 4.69) is 160 Å².